The van der Waals surface area contributed by atoms with E-state index in [1.165, 1.54) is 7.11 Å². The summed E-state index contributed by atoms with van der Waals surface area (Å²) >= 11 is 0. The lowest BCUT2D eigenvalue weighted by molar-refractivity contribution is -0.119. The van der Waals surface area contributed by atoms with E-state index < -0.39 is 21.7 Å². The molecule has 1 amide bonds. The minimum Gasteiger partial charge on any atom is -0.465 e. The van der Waals surface area contributed by atoms with Crippen LogP contribution in [0.5, 0.6) is 0 Å². The lowest BCUT2D eigenvalue weighted by Gasteiger charge is -2.13. The summed E-state index contributed by atoms with van der Waals surface area (Å²) in [4.78, 5) is 23.8. The molecule has 1 aliphatic rings. The first-order chi connectivity index (χ1) is 9.82. The number of rotatable bonds is 3. The number of methoxy groups -OCH3 is 1. The van der Waals surface area contributed by atoms with Gasteiger partial charge in [-0.25, -0.2) is 13.2 Å². The molecule has 0 aromatic heterocycles. The Labute approximate surface area is 123 Å². The van der Waals surface area contributed by atoms with Crippen molar-refractivity contribution in [1.29, 1.82) is 0 Å². The molecule has 0 bridgehead atoms. The normalized spacial score (nSPS) is 20.0. The first kappa shape index (κ1) is 15.5. The Kier molecular flexibility index (Phi) is 4.32. The van der Waals surface area contributed by atoms with Gasteiger partial charge in [0.25, 0.3) is 0 Å². The monoisotopic (exact) mass is 311 g/mol. The molecule has 1 fully saturated rings. The van der Waals surface area contributed by atoms with Gasteiger partial charge in [0.05, 0.1) is 35.8 Å². The van der Waals surface area contributed by atoms with Crippen LogP contribution in [0.15, 0.2) is 18.2 Å². The van der Waals surface area contributed by atoms with Crippen LogP contribution in [0.1, 0.15) is 22.3 Å². The Hall–Kier alpha value is -1.89. The van der Waals surface area contributed by atoms with Gasteiger partial charge in [0.2, 0.25) is 5.91 Å². The lowest BCUT2D eigenvalue weighted by atomic mass is 10.1. The predicted molar refractivity (Wildman–Crippen MR) is 77.9 cm³/mol. The summed E-state index contributed by atoms with van der Waals surface area (Å²) in [7, 11) is -1.86. The fourth-order valence-corrected chi connectivity index (χ4v) is 4.02. The van der Waals surface area contributed by atoms with Crippen molar-refractivity contribution in [2.24, 2.45) is 5.92 Å². The van der Waals surface area contributed by atoms with Crippen molar-refractivity contribution < 1.29 is 22.7 Å². The number of hydrogen-bond acceptors (Lipinski definition) is 5. The van der Waals surface area contributed by atoms with Gasteiger partial charge < -0.3 is 10.1 Å². The summed E-state index contributed by atoms with van der Waals surface area (Å²) in [5.41, 5.74) is 1.45. The van der Waals surface area contributed by atoms with E-state index in [1.54, 1.807) is 18.2 Å². The maximum absolute atomic E-state index is 12.1. The molecule has 0 saturated carbocycles. The van der Waals surface area contributed by atoms with Gasteiger partial charge in [-0.15, -0.1) is 0 Å². The maximum Gasteiger partial charge on any atom is 0.339 e. The summed E-state index contributed by atoms with van der Waals surface area (Å²) in [6.45, 7) is 1.82. The van der Waals surface area contributed by atoms with Crippen molar-refractivity contribution in [3.63, 3.8) is 0 Å². The van der Waals surface area contributed by atoms with Gasteiger partial charge in [-0.05, 0) is 25.5 Å². The van der Waals surface area contributed by atoms with Gasteiger partial charge in [0.1, 0.15) is 0 Å². The minimum atomic E-state index is -3.12. The molecule has 1 aliphatic heterocycles. The highest BCUT2D eigenvalue weighted by atomic mass is 32.2. The number of sulfone groups is 1. The summed E-state index contributed by atoms with van der Waals surface area (Å²) in [5.74, 6) is -1.61. The van der Waals surface area contributed by atoms with Crippen molar-refractivity contribution in [3.05, 3.63) is 29.3 Å². The molecule has 1 aromatic carbocycles. The largest absolute Gasteiger partial charge is 0.465 e. The highest BCUT2D eigenvalue weighted by molar-refractivity contribution is 7.91. The number of anilines is 1. The molecule has 1 saturated heterocycles. The smallest absolute Gasteiger partial charge is 0.339 e. The third-order valence-corrected chi connectivity index (χ3v) is 5.21. The third-order valence-electron chi connectivity index (χ3n) is 3.44. The second kappa shape index (κ2) is 5.85. The third kappa shape index (κ3) is 3.60. The summed E-state index contributed by atoms with van der Waals surface area (Å²) in [6, 6.07) is 4.99. The molecule has 0 spiro atoms. The molecule has 2 rings (SSSR count). The van der Waals surface area contributed by atoms with E-state index in [-0.39, 0.29) is 23.0 Å². The molecule has 1 atom stereocenters. The summed E-state index contributed by atoms with van der Waals surface area (Å²) in [6.07, 6.45) is 0.313. The van der Waals surface area contributed by atoms with E-state index >= 15 is 0 Å². The second-order valence-electron chi connectivity index (χ2n) is 5.13. The van der Waals surface area contributed by atoms with Crippen molar-refractivity contribution in [2.75, 3.05) is 23.9 Å². The SMILES string of the molecule is COC(=O)c1cc(C)ccc1NC(=O)C1CCS(=O)(=O)C1. The zero-order valence-electron chi connectivity index (χ0n) is 11.9. The van der Waals surface area contributed by atoms with Crippen molar-refractivity contribution >= 4 is 27.4 Å². The van der Waals surface area contributed by atoms with E-state index in [9.17, 15) is 18.0 Å². The summed E-state index contributed by atoms with van der Waals surface area (Å²) in [5, 5.41) is 2.63. The standard InChI is InChI=1S/C14H17NO5S/c1-9-3-4-12(11(7-9)14(17)20-2)15-13(16)10-5-6-21(18,19)8-10/h3-4,7,10H,5-6,8H2,1-2H3,(H,15,16). The first-order valence-corrected chi connectivity index (χ1v) is 8.35. The predicted octanol–water partition coefficient (Wildman–Crippen LogP) is 1.15. The Balaban J connectivity index is 2.20. The molecule has 7 heteroatoms. The van der Waals surface area contributed by atoms with Crippen LogP contribution >= 0.6 is 0 Å². The summed E-state index contributed by atoms with van der Waals surface area (Å²) < 4.78 is 27.5. The van der Waals surface area contributed by atoms with Gasteiger partial charge >= 0.3 is 5.97 Å². The average molecular weight is 311 g/mol. The van der Waals surface area contributed by atoms with E-state index in [1.807, 2.05) is 6.92 Å². The molecule has 1 heterocycles. The van der Waals surface area contributed by atoms with Gasteiger partial charge in [-0.3, -0.25) is 4.79 Å². The zero-order chi connectivity index (χ0) is 15.6. The Morgan fingerprint density at radius 3 is 2.62 bits per heavy atom. The van der Waals surface area contributed by atoms with Crippen LogP contribution in [-0.2, 0) is 19.4 Å². The average Bonchev–Trinajstić information content (AvgIpc) is 2.80. The molecular formula is C14H17NO5S. The number of carbonyl (C=O) groups is 2. The number of nitrogens with one attached hydrogen (secondary N) is 1. The van der Waals surface area contributed by atoms with Gasteiger partial charge in [-0.2, -0.15) is 0 Å². The molecule has 1 N–H and O–H groups in total. The molecular weight excluding hydrogens is 294 g/mol. The van der Waals surface area contributed by atoms with Crippen LogP contribution in [0, 0.1) is 12.8 Å². The van der Waals surface area contributed by atoms with E-state index in [4.69, 9.17) is 0 Å². The molecule has 6 nitrogen and oxygen atoms in total. The molecule has 0 aliphatic carbocycles. The van der Waals surface area contributed by atoms with E-state index in [0.717, 1.165) is 5.56 Å². The number of aryl methyl sites for hydroxylation is 1. The molecule has 1 unspecified atom stereocenters. The number of esters is 1. The van der Waals surface area contributed by atoms with Crippen molar-refractivity contribution in [3.8, 4) is 0 Å². The molecule has 21 heavy (non-hydrogen) atoms. The van der Waals surface area contributed by atoms with Gasteiger partial charge in [0.15, 0.2) is 9.84 Å². The van der Waals surface area contributed by atoms with Crippen LogP contribution in [0.4, 0.5) is 5.69 Å². The van der Waals surface area contributed by atoms with Gasteiger partial charge in [-0.1, -0.05) is 11.6 Å². The quantitative estimate of drug-likeness (QED) is 0.846. The zero-order valence-corrected chi connectivity index (χ0v) is 12.7. The minimum absolute atomic E-state index is 0.0306. The fourth-order valence-electron chi connectivity index (χ4n) is 2.28. The highest BCUT2D eigenvalue weighted by Crippen LogP contribution is 2.23. The van der Waals surface area contributed by atoms with Crippen molar-refractivity contribution in [1.82, 2.24) is 0 Å². The van der Waals surface area contributed by atoms with Crippen LogP contribution in [0.25, 0.3) is 0 Å². The number of amides is 1. The van der Waals surface area contributed by atoms with Gasteiger partial charge in [0, 0.05) is 0 Å². The van der Waals surface area contributed by atoms with E-state index in [2.05, 4.69) is 10.1 Å². The van der Waals surface area contributed by atoms with E-state index in [0.29, 0.717) is 12.1 Å². The second-order valence-corrected chi connectivity index (χ2v) is 7.36. The van der Waals surface area contributed by atoms with Crippen molar-refractivity contribution in [2.45, 2.75) is 13.3 Å². The van der Waals surface area contributed by atoms with Crippen LogP contribution < -0.4 is 5.32 Å². The highest BCUT2D eigenvalue weighted by Gasteiger charge is 2.33. The Morgan fingerprint density at radius 1 is 1.33 bits per heavy atom. The number of benzene rings is 1. The maximum atomic E-state index is 12.1. The molecule has 0 radical (unpaired) electrons. The van der Waals surface area contributed by atoms with Crippen LogP contribution in [0.2, 0.25) is 0 Å². The Bertz CT molecular complexity index is 681. The Morgan fingerprint density at radius 2 is 2.05 bits per heavy atom. The number of carbonyl (C=O) groups excluding carboxylic acids is 2. The molecule has 1 aromatic rings. The fraction of sp³-hybridized carbons (Fsp3) is 0.429. The topological polar surface area (TPSA) is 89.5 Å². The number of ether oxygens (including phenoxy) is 1. The number of hydrogen-bond donors (Lipinski definition) is 1. The molecule has 114 valence electrons. The van der Waals surface area contributed by atoms with Crippen LogP contribution in [-0.4, -0.2) is 38.9 Å². The first-order valence-electron chi connectivity index (χ1n) is 6.52. The lowest BCUT2D eigenvalue weighted by Crippen LogP contribution is -2.25. The van der Waals surface area contributed by atoms with Crippen LogP contribution in [0.3, 0.4) is 0 Å².